The van der Waals surface area contributed by atoms with Gasteiger partial charge in [-0.2, -0.15) is 0 Å². The lowest BCUT2D eigenvalue weighted by molar-refractivity contribution is 0.432. The number of aromatic hydroxyl groups is 2. The van der Waals surface area contributed by atoms with Gasteiger partial charge in [-0.25, -0.2) is 4.39 Å². The Morgan fingerprint density at radius 1 is 0.938 bits per heavy atom. The normalized spacial score (nSPS) is 10.4. The number of halogens is 2. The first-order chi connectivity index (χ1) is 7.56. The minimum absolute atomic E-state index is 0.0102. The zero-order valence-corrected chi connectivity index (χ0v) is 8.87. The molecule has 2 aromatic carbocycles. The molecule has 0 unspecified atom stereocenters. The van der Waals surface area contributed by atoms with E-state index in [-0.39, 0.29) is 5.75 Å². The molecule has 16 heavy (non-hydrogen) atoms. The molecule has 0 aliphatic rings. The SMILES string of the molecule is Oc1cc(Cl)cc(-c2ccc(O)c(F)c2)c1. The van der Waals surface area contributed by atoms with Crippen molar-refractivity contribution in [3.63, 3.8) is 0 Å². The Bertz CT molecular complexity index is 520. The summed E-state index contributed by atoms with van der Waals surface area (Å²) < 4.78 is 13.1. The molecule has 0 aromatic heterocycles. The average Bonchev–Trinajstić information content (AvgIpc) is 2.20. The van der Waals surface area contributed by atoms with Crippen molar-refractivity contribution in [2.45, 2.75) is 0 Å². The van der Waals surface area contributed by atoms with E-state index in [1.165, 1.54) is 24.3 Å². The fourth-order valence-corrected chi connectivity index (χ4v) is 1.66. The van der Waals surface area contributed by atoms with Crippen LogP contribution in [0.5, 0.6) is 11.5 Å². The second-order valence-corrected chi connectivity index (χ2v) is 3.80. The minimum atomic E-state index is -0.711. The van der Waals surface area contributed by atoms with Gasteiger partial charge < -0.3 is 10.2 Å². The van der Waals surface area contributed by atoms with E-state index in [1.54, 1.807) is 12.1 Å². The second-order valence-electron chi connectivity index (χ2n) is 3.36. The van der Waals surface area contributed by atoms with Gasteiger partial charge in [0, 0.05) is 5.02 Å². The van der Waals surface area contributed by atoms with Crippen LogP contribution in [0.15, 0.2) is 36.4 Å². The second kappa shape index (κ2) is 4.02. The maximum atomic E-state index is 13.1. The summed E-state index contributed by atoms with van der Waals surface area (Å²) >= 11 is 5.77. The summed E-state index contributed by atoms with van der Waals surface area (Å²) in [5.74, 6) is -1.11. The molecule has 0 heterocycles. The van der Waals surface area contributed by atoms with Crippen molar-refractivity contribution in [2.75, 3.05) is 0 Å². The van der Waals surface area contributed by atoms with Crippen LogP contribution >= 0.6 is 11.6 Å². The highest BCUT2D eigenvalue weighted by atomic mass is 35.5. The zero-order chi connectivity index (χ0) is 11.7. The largest absolute Gasteiger partial charge is 0.508 e. The Morgan fingerprint density at radius 2 is 1.69 bits per heavy atom. The van der Waals surface area contributed by atoms with Crippen molar-refractivity contribution in [1.29, 1.82) is 0 Å². The summed E-state index contributed by atoms with van der Waals surface area (Å²) in [7, 11) is 0. The fourth-order valence-electron chi connectivity index (χ4n) is 1.43. The fraction of sp³-hybridized carbons (Fsp3) is 0. The monoisotopic (exact) mass is 238 g/mol. The van der Waals surface area contributed by atoms with Crippen LogP contribution in [0, 0.1) is 5.82 Å². The maximum absolute atomic E-state index is 13.1. The summed E-state index contributed by atoms with van der Waals surface area (Å²) in [5.41, 5.74) is 1.12. The van der Waals surface area contributed by atoms with E-state index >= 15 is 0 Å². The lowest BCUT2D eigenvalue weighted by Crippen LogP contribution is -1.81. The Hall–Kier alpha value is -1.74. The number of hydrogen-bond acceptors (Lipinski definition) is 2. The summed E-state index contributed by atoms with van der Waals surface area (Å²) in [4.78, 5) is 0. The predicted molar refractivity (Wildman–Crippen MR) is 60.2 cm³/mol. The molecule has 0 spiro atoms. The molecule has 0 saturated carbocycles. The molecule has 2 N–H and O–H groups in total. The zero-order valence-electron chi connectivity index (χ0n) is 8.11. The summed E-state index contributed by atoms with van der Waals surface area (Å²) in [5, 5.41) is 18.8. The standard InChI is InChI=1S/C12H8ClFO2/c13-9-3-8(4-10(15)6-9)7-1-2-12(16)11(14)5-7/h1-6,15-16H. The number of hydrogen-bond donors (Lipinski definition) is 2. The molecule has 0 bridgehead atoms. The van der Waals surface area contributed by atoms with Crippen LogP contribution < -0.4 is 0 Å². The Labute approximate surface area is 96.5 Å². The molecule has 0 radical (unpaired) electrons. The van der Waals surface area contributed by atoms with Crippen molar-refractivity contribution in [1.82, 2.24) is 0 Å². The lowest BCUT2D eigenvalue weighted by atomic mass is 10.1. The van der Waals surface area contributed by atoms with Gasteiger partial charge in [-0.1, -0.05) is 17.7 Å². The quantitative estimate of drug-likeness (QED) is 0.798. The molecule has 0 amide bonds. The van der Waals surface area contributed by atoms with Crippen molar-refractivity contribution in [3.8, 4) is 22.6 Å². The highest BCUT2D eigenvalue weighted by Crippen LogP contribution is 2.29. The van der Waals surface area contributed by atoms with E-state index in [0.29, 0.717) is 16.1 Å². The smallest absolute Gasteiger partial charge is 0.165 e. The molecule has 2 aromatic rings. The number of phenolic OH excluding ortho intramolecular Hbond substituents is 2. The third-order valence-corrected chi connectivity index (χ3v) is 2.38. The number of benzene rings is 2. The van der Waals surface area contributed by atoms with E-state index in [0.717, 1.165) is 0 Å². The van der Waals surface area contributed by atoms with Crippen LogP contribution in [0.3, 0.4) is 0 Å². The molecule has 82 valence electrons. The van der Waals surface area contributed by atoms with E-state index in [9.17, 15) is 9.50 Å². The molecule has 0 aliphatic carbocycles. The number of rotatable bonds is 1. The third-order valence-electron chi connectivity index (χ3n) is 2.16. The van der Waals surface area contributed by atoms with Crippen LogP contribution in [0.4, 0.5) is 4.39 Å². The van der Waals surface area contributed by atoms with Crippen LogP contribution in [0.2, 0.25) is 5.02 Å². The molecule has 0 aliphatic heterocycles. The molecule has 0 fully saturated rings. The van der Waals surface area contributed by atoms with Crippen molar-refractivity contribution >= 4 is 11.6 Å². The summed E-state index contributed by atoms with van der Waals surface area (Å²) in [6, 6.07) is 8.44. The van der Waals surface area contributed by atoms with Crippen LogP contribution in [0.1, 0.15) is 0 Å². The summed E-state index contributed by atoms with van der Waals surface area (Å²) in [6.45, 7) is 0. The topological polar surface area (TPSA) is 40.5 Å². The van der Waals surface area contributed by atoms with Gasteiger partial charge in [-0.15, -0.1) is 0 Å². The van der Waals surface area contributed by atoms with Gasteiger partial charge in [0.15, 0.2) is 11.6 Å². The van der Waals surface area contributed by atoms with Gasteiger partial charge in [0.2, 0.25) is 0 Å². The van der Waals surface area contributed by atoms with Gasteiger partial charge in [-0.05, 0) is 41.5 Å². The van der Waals surface area contributed by atoms with Crippen molar-refractivity contribution in [2.24, 2.45) is 0 Å². The first-order valence-corrected chi connectivity index (χ1v) is 4.92. The molecule has 0 atom stereocenters. The van der Waals surface area contributed by atoms with Gasteiger partial charge >= 0.3 is 0 Å². The van der Waals surface area contributed by atoms with E-state index in [2.05, 4.69) is 0 Å². The maximum Gasteiger partial charge on any atom is 0.165 e. The van der Waals surface area contributed by atoms with Crippen LogP contribution in [0.25, 0.3) is 11.1 Å². The Kier molecular flexibility index (Phi) is 2.71. The average molecular weight is 239 g/mol. The van der Waals surface area contributed by atoms with E-state index in [4.69, 9.17) is 16.7 Å². The minimum Gasteiger partial charge on any atom is -0.508 e. The molecular formula is C12H8ClFO2. The molecule has 4 heteroatoms. The van der Waals surface area contributed by atoms with Crippen molar-refractivity contribution < 1.29 is 14.6 Å². The first kappa shape index (κ1) is 10.8. The van der Waals surface area contributed by atoms with Crippen LogP contribution in [-0.2, 0) is 0 Å². The molecular weight excluding hydrogens is 231 g/mol. The highest BCUT2D eigenvalue weighted by Gasteiger charge is 2.05. The molecule has 2 nitrogen and oxygen atoms in total. The lowest BCUT2D eigenvalue weighted by Gasteiger charge is -2.04. The van der Waals surface area contributed by atoms with E-state index < -0.39 is 11.6 Å². The van der Waals surface area contributed by atoms with Gasteiger partial charge in [0.1, 0.15) is 5.75 Å². The molecule has 0 saturated heterocycles. The number of phenols is 2. The Balaban J connectivity index is 2.54. The summed E-state index contributed by atoms with van der Waals surface area (Å²) in [6.07, 6.45) is 0. The molecule has 2 rings (SSSR count). The third kappa shape index (κ3) is 2.09. The van der Waals surface area contributed by atoms with Crippen molar-refractivity contribution in [3.05, 3.63) is 47.2 Å². The van der Waals surface area contributed by atoms with Gasteiger partial charge in [0.25, 0.3) is 0 Å². The predicted octanol–water partition coefficient (Wildman–Crippen LogP) is 3.56. The first-order valence-electron chi connectivity index (χ1n) is 4.55. The van der Waals surface area contributed by atoms with Gasteiger partial charge in [0.05, 0.1) is 0 Å². The van der Waals surface area contributed by atoms with Crippen LogP contribution in [-0.4, -0.2) is 10.2 Å². The van der Waals surface area contributed by atoms with E-state index in [1.807, 2.05) is 0 Å². The van der Waals surface area contributed by atoms with Gasteiger partial charge in [-0.3, -0.25) is 0 Å². The Morgan fingerprint density at radius 3 is 2.31 bits per heavy atom. The highest BCUT2D eigenvalue weighted by molar-refractivity contribution is 6.31.